The first-order chi connectivity index (χ1) is 8.60. The third-order valence-electron chi connectivity index (χ3n) is 2.38. The van der Waals surface area contributed by atoms with Crippen molar-refractivity contribution in [2.45, 2.75) is 20.1 Å². The monoisotopic (exact) mass is 312 g/mol. The highest BCUT2D eigenvalue weighted by atomic mass is 79.9. The number of hydrogen-bond donors (Lipinski definition) is 1. The number of aliphatic hydroxyl groups is 1. The zero-order chi connectivity index (χ0) is 13.1. The molecule has 0 spiro atoms. The molecule has 0 aliphatic heterocycles. The van der Waals surface area contributed by atoms with E-state index in [1.807, 2.05) is 19.1 Å². The number of ether oxygens (including phenoxy) is 1. The number of aryl methyl sites for hydroxylation is 2. The second-order valence-electron chi connectivity index (χ2n) is 3.85. The van der Waals surface area contributed by atoms with Crippen LogP contribution in [-0.4, -0.2) is 25.3 Å². The Labute approximate surface area is 113 Å². The number of halogens is 1. The molecule has 1 aromatic carbocycles. The van der Waals surface area contributed by atoms with E-state index in [9.17, 15) is 5.11 Å². The van der Waals surface area contributed by atoms with Crippen LogP contribution in [0.25, 0.3) is 0 Å². The molecule has 0 amide bonds. The zero-order valence-corrected chi connectivity index (χ0v) is 11.7. The van der Waals surface area contributed by atoms with Crippen LogP contribution in [0.3, 0.4) is 0 Å². The molecular weight excluding hydrogens is 300 g/mol. The fraction of sp³-hybridized carbons (Fsp3) is 0.364. The molecule has 0 aliphatic rings. The Hall–Kier alpha value is -1.47. The fourth-order valence-electron chi connectivity index (χ4n) is 1.64. The molecule has 96 valence electrons. The summed E-state index contributed by atoms with van der Waals surface area (Å²) in [5.41, 5.74) is 1.67. The van der Waals surface area contributed by atoms with Crippen LogP contribution in [0.1, 0.15) is 17.0 Å². The van der Waals surface area contributed by atoms with Crippen molar-refractivity contribution in [3.63, 3.8) is 0 Å². The van der Waals surface area contributed by atoms with Crippen molar-refractivity contribution >= 4 is 15.9 Å². The maximum absolute atomic E-state index is 9.32. The molecule has 1 heterocycles. The van der Waals surface area contributed by atoms with Gasteiger partial charge in [-0.3, -0.25) is 0 Å². The molecule has 2 rings (SSSR count). The maximum Gasteiger partial charge on any atom is 0.212 e. The molecule has 0 fully saturated rings. The minimum Gasteiger partial charge on any atom is -0.485 e. The molecule has 0 saturated carbocycles. The number of rotatable bonds is 4. The molecule has 1 N–H and O–H groups in total. The summed E-state index contributed by atoms with van der Waals surface area (Å²) in [4.78, 5) is 1.38. The highest BCUT2D eigenvalue weighted by Gasteiger charge is 2.10. The highest BCUT2D eigenvalue weighted by molar-refractivity contribution is 9.10. The van der Waals surface area contributed by atoms with E-state index in [1.54, 1.807) is 7.05 Å². The molecule has 0 saturated heterocycles. The summed E-state index contributed by atoms with van der Waals surface area (Å²) >= 11 is 3.38. The van der Waals surface area contributed by atoms with E-state index in [4.69, 9.17) is 4.74 Å². The molecule has 0 radical (unpaired) electrons. The maximum atomic E-state index is 9.32. The van der Waals surface area contributed by atoms with Gasteiger partial charge in [0.05, 0.1) is 13.7 Å². The number of tetrazole rings is 1. The minimum absolute atomic E-state index is 0.0799. The lowest BCUT2D eigenvalue weighted by atomic mass is 10.1. The van der Waals surface area contributed by atoms with Gasteiger partial charge < -0.3 is 9.84 Å². The molecule has 6 nitrogen and oxygen atoms in total. The largest absolute Gasteiger partial charge is 0.485 e. The summed E-state index contributed by atoms with van der Waals surface area (Å²) in [6.45, 7) is 2.07. The van der Waals surface area contributed by atoms with Gasteiger partial charge in [-0.2, -0.15) is 4.80 Å². The summed E-state index contributed by atoms with van der Waals surface area (Å²) in [7, 11) is 1.69. The first-order valence-corrected chi connectivity index (χ1v) is 6.15. The molecule has 0 aliphatic carbocycles. The highest BCUT2D eigenvalue weighted by Crippen LogP contribution is 2.28. The summed E-state index contributed by atoms with van der Waals surface area (Å²) in [5, 5.41) is 20.9. The van der Waals surface area contributed by atoms with Gasteiger partial charge in [-0.25, -0.2) is 0 Å². The van der Waals surface area contributed by atoms with Crippen LogP contribution >= 0.6 is 15.9 Å². The van der Waals surface area contributed by atoms with Crippen LogP contribution < -0.4 is 4.74 Å². The molecule has 0 unspecified atom stereocenters. The SMILES string of the molecule is Cc1cc(Br)cc(CO)c1OCc1nnn(C)n1. The standard InChI is InChI=1S/C11H13BrN4O2/c1-7-3-9(12)4-8(5-17)11(7)18-6-10-13-15-16(2)14-10/h3-4,17H,5-6H2,1-2H3. The van der Waals surface area contributed by atoms with Crippen LogP contribution in [-0.2, 0) is 20.3 Å². The molecule has 7 heteroatoms. The Balaban J connectivity index is 2.18. The average molecular weight is 313 g/mol. The second kappa shape index (κ2) is 5.45. The smallest absolute Gasteiger partial charge is 0.212 e. The van der Waals surface area contributed by atoms with Gasteiger partial charge in [-0.1, -0.05) is 15.9 Å². The predicted octanol–water partition coefficient (Wildman–Crippen LogP) is 1.35. The summed E-state index contributed by atoms with van der Waals surface area (Å²) in [5.74, 6) is 1.16. The van der Waals surface area contributed by atoms with E-state index < -0.39 is 0 Å². The van der Waals surface area contributed by atoms with E-state index in [2.05, 4.69) is 31.3 Å². The van der Waals surface area contributed by atoms with Crippen LogP contribution in [0.4, 0.5) is 0 Å². The van der Waals surface area contributed by atoms with Crippen LogP contribution in [0, 0.1) is 6.92 Å². The Morgan fingerprint density at radius 2 is 2.22 bits per heavy atom. The number of hydrogen-bond acceptors (Lipinski definition) is 5. The number of aromatic nitrogens is 4. The Kier molecular flexibility index (Phi) is 3.93. The molecule has 18 heavy (non-hydrogen) atoms. The Morgan fingerprint density at radius 3 is 2.83 bits per heavy atom. The summed E-state index contributed by atoms with van der Waals surface area (Å²) < 4.78 is 6.57. The van der Waals surface area contributed by atoms with E-state index in [0.717, 1.165) is 15.6 Å². The average Bonchev–Trinajstić information content (AvgIpc) is 2.73. The molecule has 2 aromatic rings. The van der Waals surface area contributed by atoms with Crippen molar-refractivity contribution in [3.8, 4) is 5.75 Å². The van der Waals surface area contributed by atoms with E-state index in [-0.39, 0.29) is 13.2 Å². The van der Waals surface area contributed by atoms with Gasteiger partial charge in [0.25, 0.3) is 0 Å². The quantitative estimate of drug-likeness (QED) is 0.922. The van der Waals surface area contributed by atoms with Crippen molar-refractivity contribution in [3.05, 3.63) is 33.6 Å². The molecule has 0 bridgehead atoms. The third kappa shape index (κ3) is 2.85. The van der Waals surface area contributed by atoms with Crippen LogP contribution in [0.15, 0.2) is 16.6 Å². The second-order valence-corrected chi connectivity index (χ2v) is 4.77. The van der Waals surface area contributed by atoms with Gasteiger partial charge in [0.2, 0.25) is 5.82 Å². The van der Waals surface area contributed by atoms with Gasteiger partial charge in [0.15, 0.2) is 6.61 Å². The van der Waals surface area contributed by atoms with Crippen molar-refractivity contribution in [2.24, 2.45) is 7.05 Å². The van der Waals surface area contributed by atoms with Gasteiger partial charge in [-0.05, 0) is 29.8 Å². The summed E-state index contributed by atoms with van der Waals surface area (Å²) in [6, 6.07) is 3.75. The third-order valence-corrected chi connectivity index (χ3v) is 2.84. The van der Waals surface area contributed by atoms with Crippen molar-refractivity contribution in [2.75, 3.05) is 0 Å². The molecule has 0 atom stereocenters. The molecule has 1 aromatic heterocycles. The minimum atomic E-state index is -0.0799. The van der Waals surface area contributed by atoms with Crippen LogP contribution in [0.5, 0.6) is 5.75 Å². The first-order valence-electron chi connectivity index (χ1n) is 5.35. The first kappa shape index (κ1) is 13.0. The van der Waals surface area contributed by atoms with Crippen molar-refractivity contribution < 1.29 is 9.84 Å². The predicted molar refractivity (Wildman–Crippen MR) is 67.9 cm³/mol. The van der Waals surface area contributed by atoms with Crippen molar-refractivity contribution in [1.82, 2.24) is 20.2 Å². The number of aliphatic hydroxyl groups excluding tert-OH is 1. The fourth-order valence-corrected chi connectivity index (χ4v) is 2.26. The van der Waals surface area contributed by atoms with Gasteiger partial charge >= 0.3 is 0 Å². The lowest BCUT2D eigenvalue weighted by Gasteiger charge is -2.12. The van der Waals surface area contributed by atoms with E-state index >= 15 is 0 Å². The zero-order valence-electron chi connectivity index (χ0n) is 10.1. The van der Waals surface area contributed by atoms with Gasteiger partial charge in [0, 0.05) is 10.0 Å². The van der Waals surface area contributed by atoms with Crippen LogP contribution in [0.2, 0.25) is 0 Å². The van der Waals surface area contributed by atoms with E-state index in [1.165, 1.54) is 4.80 Å². The van der Waals surface area contributed by atoms with Gasteiger partial charge in [-0.15, -0.1) is 10.2 Å². The Morgan fingerprint density at radius 1 is 1.44 bits per heavy atom. The van der Waals surface area contributed by atoms with E-state index in [0.29, 0.717) is 11.6 Å². The topological polar surface area (TPSA) is 73.1 Å². The Bertz CT molecular complexity index is 556. The lowest BCUT2D eigenvalue weighted by Crippen LogP contribution is -2.03. The van der Waals surface area contributed by atoms with Gasteiger partial charge in [0.1, 0.15) is 5.75 Å². The molecular formula is C11H13BrN4O2. The van der Waals surface area contributed by atoms with Crippen molar-refractivity contribution in [1.29, 1.82) is 0 Å². The number of benzene rings is 1. The lowest BCUT2D eigenvalue weighted by molar-refractivity contribution is 0.254. The summed E-state index contributed by atoms with van der Waals surface area (Å²) in [6.07, 6.45) is 0. The number of nitrogens with zero attached hydrogens (tertiary/aromatic N) is 4. The normalized spacial score (nSPS) is 10.7.